The maximum atomic E-state index is 10.0. The van der Waals surface area contributed by atoms with Gasteiger partial charge in [0.15, 0.2) is 0 Å². The van der Waals surface area contributed by atoms with Gasteiger partial charge in [-0.05, 0) is 44.5 Å². The molecule has 1 saturated heterocycles. The van der Waals surface area contributed by atoms with Gasteiger partial charge in [-0.2, -0.15) is 0 Å². The molecular weight excluding hydrogens is 236 g/mol. The van der Waals surface area contributed by atoms with Gasteiger partial charge in [-0.3, -0.25) is 4.98 Å². The zero-order valence-corrected chi connectivity index (χ0v) is 10.7. The van der Waals surface area contributed by atoms with E-state index < -0.39 is 6.10 Å². The fraction of sp³-hybridized carbons (Fsp3) is 0.615. The zero-order valence-electron chi connectivity index (χ0n) is 9.98. The number of likely N-dealkylation sites (tertiary alicyclic amines) is 1. The molecule has 1 fully saturated rings. The number of aliphatic hydroxyl groups is 1. The average Bonchev–Trinajstić information content (AvgIpc) is 2.37. The predicted molar refractivity (Wildman–Crippen MR) is 69.1 cm³/mol. The third kappa shape index (κ3) is 3.95. The molecule has 1 aromatic heterocycles. The fourth-order valence-electron chi connectivity index (χ4n) is 2.24. The fourth-order valence-corrected chi connectivity index (χ4v) is 2.41. The largest absolute Gasteiger partial charge is 0.387 e. The first-order chi connectivity index (χ1) is 8.25. The third-order valence-electron chi connectivity index (χ3n) is 3.25. The Morgan fingerprint density at radius 2 is 2.12 bits per heavy atom. The van der Waals surface area contributed by atoms with Crippen molar-refractivity contribution in [3.8, 4) is 0 Å². The summed E-state index contributed by atoms with van der Waals surface area (Å²) in [7, 11) is 0. The van der Waals surface area contributed by atoms with E-state index in [-0.39, 0.29) is 0 Å². The second-order valence-electron chi connectivity index (χ2n) is 4.61. The summed E-state index contributed by atoms with van der Waals surface area (Å²) in [4.78, 5) is 6.56. The monoisotopic (exact) mass is 254 g/mol. The molecule has 0 saturated carbocycles. The molecule has 17 heavy (non-hydrogen) atoms. The number of aliphatic hydroxyl groups excluding tert-OH is 1. The summed E-state index contributed by atoms with van der Waals surface area (Å²) < 4.78 is 0. The topological polar surface area (TPSA) is 36.4 Å². The van der Waals surface area contributed by atoms with Crippen LogP contribution in [0.4, 0.5) is 0 Å². The van der Waals surface area contributed by atoms with Gasteiger partial charge in [0.25, 0.3) is 0 Å². The summed E-state index contributed by atoms with van der Waals surface area (Å²) in [5.74, 6) is 0. The van der Waals surface area contributed by atoms with Crippen molar-refractivity contribution in [1.82, 2.24) is 9.88 Å². The quantitative estimate of drug-likeness (QED) is 0.898. The van der Waals surface area contributed by atoms with Crippen LogP contribution in [-0.4, -0.2) is 34.6 Å². The molecule has 1 aliphatic heterocycles. The van der Waals surface area contributed by atoms with Crippen LogP contribution in [-0.2, 0) is 0 Å². The number of nitrogens with zero attached hydrogens (tertiary/aromatic N) is 2. The van der Waals surface area contributed by atoms with E-state index in [1.807, 2.05) is 0 Å². The van der Waals surface area contributed by atoms with Crippen LogP contribution in [0.5, 0.6) is 0 Å². The minimum atomic E-state index is -0.504. The van der Waals surface area contributed by atoms with Crippen molar-refractivity contribution in [3.05, 3.63) is 29.0 Å². The Labute approximate surface area is 107 Å². The Bertz CT molecular complexity index is 353. The van der Waals surface area contributed by atoms with Gasteiger partial charge in [0, 0.05) is 17.8 Å². The van der Waals surface area contributed by atoms with Crippen molar-refractivity contribution in [2.45, 2.75) is 31.8 Å². The molecule has 0 bridgehead atoms. The molecule has 0 amide bonds. The average molecular weight is 255 g/mol. The Balaban J connectivity index is 1.82. The number of piperidine rings is 1. The van der Waals surface area contributed by atoms with Gasteiger partial charge in [-0.15, -0.1) is 0 Å². The van der Waals surface area contributed by atoms with E-state index in [0.717, 1.165) is 26.1 Å². The Kier molecular flexibility index (Phi) is 4.77. The molecule has 1 N–H and O–H groups in total. The summed E-state index contributed by atoms with van der Waals surface area (Å²) >= 11 is 5.88. The lowest BCUT2D eigenvalue weighted by Crippen LogP contribution is -2.31. The highest BCUT2D eigenvalue weighted by atomic mass is 35.5. The summed E-state index contributed by atoms with van der Waals surface area (Å²) in [5, 5.41) is 10.7. The van der Waals surface area contributed by atoms with Crippen molar-refractivity contribution >= 4 is 11.6 Å². The SMILES string of the molecule is OC(CCN1CCCCC1)c1cc(Cl)ccn1. The van der Waals surface area contributed by atoms with Crippen LogP contribution in [0.3, 0.4) is 0 Å². The molecule has 1 aliphatic rings. The summed E-state index contributed by atoms with van der Waals surface area (Å²) in [6.07, 6.45) is 5.77. The number of aromatic nitrogens is 1. The van der Waals surface area contributed by atoms with Crippen LogP contribution in [0.15, 0.2) is 18.3 Å². The van der Waals surface area contributed by atoms with E-state index in [9.17, 15) is 5.11 Å². The Morgan fingerprint density at radius 1 is 1.35 bits per heavy atom. The van der Waals surface area contributed by atoms with Crippen LogP contribution < -0.4 is 0 Å². The molecule has 0 spiro atoms. The second-order valence-corrected chi connectivity index (χ2v) is 5.04. The van der Waals surface area contributed by atoms with Crippen molar-refractivity contribution < 1.29 is 5.11 Å². The number of hydrogen-bond acceptors (Lipinski definition) is 3. The predicted octanol–water partition coefficient (Wildman–Crippen LogP) is 2.64. The lowest BCUT2D eigenvalue weighted by molar-refractivity contribution is 0.130. The number of pyridine rings is 1. The van der Waals surface area contributed by atoms with E-state index in [0.29, 0.717) is 10.7 Å². The standard InChI is InChI=1S/C13H19ClN2O/c14-11-4-6-15-12(10-11)13(17)5-9-16-7-2-1-3-8-16/h4,6,10,13,17H,1-3,5,7-9H2. The molecule has 1 atom stereocenters. The molecule has 4 heteroatoms. The Hall–Kier alpha value is -0.640. The van der Waals surface area contributed by atoms with Crippen LogP contribution >= 0.6 is 11.6 Å². The minimum Gasteiger partial charge on any atom is -0.387 e. The van der Waals surface area contributed by atoms with Crippen molar-refractivity contribution in [2.24, 2.45) is 0 Å². The lowest BCUT2D eigenvalue weighted by atomic mass is 10.1. The van der Waals surface area contributed by atoms with Crippen LogP contribution in [0, 0.1) is 0 Å². The number of hydrogen-bond donors (Lipinski definition) is 1. The first-order valence-electron chi connectivity index (χ1n) is 6.27. The maximum Gasteiger partial charge on any atom is 0.0972 e. The molecule has 3 nitrogen and oxygen atoms in total. The van der Waals surface area contributed by atoms with Crippen molar-refractivity contribution in [1.29, 1.82) is 0 Å². The van der Waals surface area contributed by atoms with Gasteiger partial charge in [-0.25, -0.2) is 0 Å². The first kappa shape index (κ1) is 12.8. The van der Waals surface area contributed by atoms with Gasteiger partial charge >= 0.3 is 0 Å². The molecular formula is C13H19ClN2O. The lowest BCUT2D eigenvalue weighted by Gasteiger charge is -2.27. The van der Waals surface area contributed by atoms with Crippen LogP contribution in [0.2, 0.25) is 5.02 Å². The molecule has 2 heterocycles. The molecule has 0 radical (unpaired) electrons. The Morgan fingerprint density at radius 3 is 2.82 bits per heavy atom. The molecule has 0 aromatic carbocycles. The highest BCUT2D eigenvalue weighted by molar-refractivity contribution is 6.30. The summed E-state index contributed by atoms with van der Waals surface area (Å²) in [5.41, 5.74) is 0.675. The highest BCUT2D eigenvalue weighted by Crippen LogP contribution is 2.19. The molecule has 94 valence electrons. The minimum absolute atomic E-state index is 0.504. The maximum absolute atomic E-state index is 10.0. The molecule has 0 aliphatic carbocycles. The van der Waals surface area contributed by atoms with Gasteiger partial charge in [0.1, 0.15) is 0 Å². The number of halogens is 1. The molecule has 2 rings (SSSR count). The highest BCUT2D eigenvalue weighted by Gasteiger charge is 2.14. The normalized spacial score (nSPS) is 19.2. The van der Waals surface area contributed by atoms with E-state index in [1.54, 1.807) is 18.3 Å². The van der Waals surface area contributed by atoms with Gasteiger partial charge in [0.05, 0.1) is 11.8 Å². The van der Waals surface area contributed by atoms with Crippen molar-refractivity contribution in [3.63, 3.8) is 0 Å². The summed E-state index contributed by atoms with van der Waals surface area (Å²) in [6, 6.07) is 3.46. The van der Waals surface area contributed by atoms with Gasteiger partial charge in [-0.1, -0.05) is 18.0 Å². The van der Waals surface area contributed by atoms with Gasteiger partial charge in [0.2, 0.25) is 0 Å². The zero-order chi connectivity index (χ0) is 12.1. The third-order valence-corrected chi connectivity index (χ3v) is 3.49. The van der Waals surface area contributed by atoms with Crippen LogP contribution in [0.25, 0.3) is 0 Å². The number of rotatable bonds is 4. The molecule has 1 aromatic rings. The summed E-state index contributed by atoms with van der Waals surface area (Å²) in [6.45, 7) is 3.26. The van der Waals surface area contributed by atoms with Gasteiger partial charge < -0.3 is 10.0 Å². The van der Waals surface area contributed by atoms with E-state index in [2.05, 4.69) is 9.88 Å². The second kappa shape index (κ2) is 6.34. The molecule has 1 unspecified atom stereocenters. The van der Waals surface area contributed by atoms with E-state index in [4.69, 9.17) is 11.6 Å². The van der Waals surface area contributed by atoms with Crippen LogP contribution in [0.1, 0.15) is 37.5 Å². The first-order valence-corrected chi connectivity index (χ1v) is 6.65. The van der Waals surface area contributed by atoms with Crippen molar-refractivity contribution in [2.75, 3.05) is 19.6 Å². The van der Waals surface area contributed by atoms with E-state index >= 15 is 0 Å². The smallest absolute Gasteiger partial charge is 0.0972 e. The van der Waals surface area contributed by atoms with E-state index in [1.165, 1.54) is 19.3 Å².